The van der Waals surface area contributed by atoms with Gasteiger partial charge in [0.1, 0.15) is 5.75 Å². The number of hydrogen-bond donors (Lipinski definition) is 1. The topological polar surface area (TPSA) is 55.6 Å². The Hall–Kier alpha value is -1.55. The molecule has 1 fully saturated rings. The highest BCUT2D eigenvalue weighted by molar-refractivity contribution is 5.77. The Bertz CT molecular complexity index is 458. The summed E-state index contributed by atoms with van der Waals surface area (Å²) in [6, 6.07) is 8.29. The van der Waals surface area contributed by atoms with Gasteiger partial charge in [0.15, 0.2) is 0 Å². The van der Waals surface area contributed by atoms with Crippen LogP contribution < -0.4 is 10.5 Å². The largest absolute Gasteiger partial charge is 0.496 e. The molecule has 0 heterocycles. The number of benzene rings is 1. The van der Waals surface area contributed by atoms with E-state index in [1.807, 2.05) is 36.1 Å². The van der Waals surface area contributed by atoms with Crippen molar-refractivity contribution in [3.05, 3.63) is 29.8 Å². The van der Waals surface area contributed by atoms with E-state index in [2.05, 4.69) is 0 Å². The third kappa shape index (κ3) is 3.73. The first-order valence-corrected chi connectivity index (χ1v) is 7.27. The fourth-order valence-electron chi connectivity index (χ4n) is 2.32. The summed E-state index contributed by atoms with van der Waals surface area (Å²) in [6.45, 7) is 3.20. The van der Waals surface area contributed by atoms with Crippen LogP contribution in [0.15, 0.2) is 24.3 Å². The number of ether oxygens (including phenoxy) is 1. The number of methoxy groups -OCH3 is 1. The molecule has 0 spiro atoms. The minimum Gasteiger partial charge on any atom is -0.496 e. The smallest absolute Gasteiger partial charge is 0.223 e. The van der Waals surface area contributed by atoms with E-state index in [1.165, 1.54) is 0 Å². The average Bonchev–Trinajstić information content (AvgIpc) is 3.29. The Morgan fingerprint density at radius 3 is 2.75 bits per heavy atom. The van der Waals surface area contributed by atoms with Gasteiger partial charge in [0.25, 0.3) is 0 Å². The number of rotatable bonds is 7. The number of nitrogens with zero attached hydrogens (tertiary/aromatic N) is 1. The molecule has 4 nitrogen and oxygen atoms in total. The summed E-state index contributed by atoms with van der Waals surface area (Å²) in [7, 11) is 1.67. The second kappa shape index (κ2) is 6.75. The number of hydrogen-bond acceptors (Lipinski definition) is 3. The summed E-state index contributed by atoms with van der Waals surface area (Å²) in [6.07, 6.45) is 2.75. The maximum absolute atomic E-state index is 12.4. The summed E-state index contributed by atoms with van der Waals surface area (Å²) in [5.41, 5.74) is 6.69. The standard InChI is InChI=1S/C16H24N2O2/c1-12(10-17)9-16(19)18(14-7-8-14)11-13-5-3-4-6-15(13)20-2/h3-6,12,14H,7-11,17H2,1-2H3. The lowest BCUT2D eigenvalue weighted by atomic mass is 10.1. The highest BCUT2D eigenvalue weighted by Gasteiger charge is 2.33. The third-order valence-corrected chi connectivity index (χ3v) is 3.77. The molecule has 20 heavy (non-hydrogen) atoms. The molecule has 1 aromatic rings. The summed E-state index contributed by atoms with van der Waals surface area (Å²) >= 11 is 0. The van der Waals surface area contributed by atoms with Gasteiger partial charge in [-0.1, -0.05) is 25.1 Å². The SMILES string of the molecule is COc1ccccc1CN(C(=O)CC(C)CN)C1CC1. The molecule has 2 rings (SSSR count). The summed E-state index contributed by atoms with van der Waals surface area (Å²) in [4.78, 5) is 14.4. The number of carbonyl (C=O) groups is 1. The van der Waals surface area contributed by atoms with Crippen molar-refractivity contribution in [2.45, 2.75) is 38.8 Å². The van der Waals surface area contributed by atoms with Crippen LogP contribution in [0.1, 0.15) is 31.7 Å². The highest BCUT2D eigenvalue weighted by atomic mass is 16.5. The molecular formula is C16H24N2O2. The van der Waals surface area contributed by atoms with Gasteiger partial charge in [-0.05, 0) is 31.4 Å². The first kappa shape index (κ1) is 14.9. The Balaban J connectivity index is 2.07. The van der Waals surface area contributed by atoms with Crippen LogP contribution in [0.3, 0.4) is 0 Å². The molecule has 1 aromatic carbocycles. The van der Waals surface area contributed by atoms with Crippen LogP contribution in [-0.4, -0.2) is 30.5 Å². The predicted octanol–water partition coefficient (Wildman–Crippen LogP) is 2.17. The number of amides is 1. The lowest BCUT2D eigenvalue weighted by molar-refractivity contribution is -0.133. The van der Waals surface area contributed by atoms with E-state index < -0.39 is 0 Å². The van der Waals surface area contributed by atoms with E-state index >= 15 is 0 Å². The molecule has 0 bridgehead atoms. The fourth-order valence-corrected chi connectivity index (χ4v) is 2.32. The summed E-state index contributed by atoms with van der Waals surface area (Å²) in [5, 5.41) is 0. The van der Waals surface area contributed by atoms with Gasteiger partial charge in [-0.3, -0.25) is 4.79 Å². The van der Waals surface area contributed by atoms with Crippen molar-refractivity contribution in [2.75, 3.05) is 13.7 Å². The molecule has 4 heteroatoms. The molecule has 1 amide bonds. The zero-order valence-corrected chi connectivity index (χ0v) is 12.3. The van der Waals surface area contributed by atoms with Gasteiger partial charge in [0.2, 0.25) is 5.91 Å². The zero-order valence-electron chi connectivity index (χ0n) is 12.3. The van der Waals surface area contributed by atoms with Crippen LogP contribution in [0.4, 0.5) is 0 Å². The molecule has 110 valence electrons. The van der Waals surface area contributed by atoms with E-state index in [1.54, 1.807) is 7.11 Å². The summed E-state index contributed by atoms with van der Waals surface area (Å²) < 4.78 is 5.37. The Labute approximate surface area is 120 Å². The number of para-hydroxylation sites is 1. The number of carbonyl (C=O) groups excluding carboxylic acids is 1. The molecule has 1 unspecified atom stereocenters. The molecular weight excluding hydrogens is 252 g/mol. The van der Waals surface area contributed by atoms with E-state index in [0.29, 0.717) is 25.6 Å². The second-order valence-corrected chi connectivity index (χ2v) is 5.61. The Morgan fingerprint density at radius 1 is 1.45 bits per heavy atom. The van der Waals surface area contributed by atoms with Crippen molar-refractivity contribution < 1.29 is 9.53 Å². The van der Waals surface area contributed by atoms with Gasteiger partial charge in [-0.25, -0.2) is 0 Å². The van der Waals surface area contributed by atoms with Crippen molar-refractivity contribution in [2.24, 2.45) is 11.7 Å². The van der Waals surface area contributed by atoms with Gasteiger partial charge in [-0.2, -0.15) is 0 Å². The first-order chi connectivity index (χ1) is 9.65. The molecule has 1 atom stereocenters. The lowest BCUT2D eigenvalue weighted by Gasteiger charge is -2.24. The van der Waals surface area contributed by atoms with Crippen LogP contribution >= 0.6 is 0 Å². The van der Waals surface area contributed by atoms with Crippen LogP contribution in [0, 0.1) is 5.92 Å². The fraction of sp³-hybridized carbons (Fsp3) is 0.562. The van der Waals surface area contributed by atoms with Gasteiger partial charge < -0.3 is 15.4 Å². The Kier molecular flexibility index (Phi) is 5.01. The molecule has 0 saturated heterocycles. The maximum Gasteiger partial charge on any atom is 0.223 e. The first-order valence-electron chi connectivity index (χ1n) is 7.27. The van der Waals surface area contributed by atoms with E-state index in [-0.39, 0.29) is 11.8 Å². The minimum absolute atomic E-state index is 0.205. The molecule has 1 saturated carbocycles. The molecule has 0 aromatic heterocycles. The lowest BCUT2D eigenvalue weighted by Crippen LogP contribution is -2.34. The second-order valence-electron chi connectivity index (χ2n) is 5.61. The average molecular weight is 276 g/mol. The van der Waals surface area contributed by atoms with Crippen LogP contribution in [0.5, 0.6) is 5.75 Å². The van der Waals surface area contributed by atoms with Gasteiger partial charge in [-0.15, -0.1) is 0 Å². The highest BCUT2D eigenvalue weighted by Crippen LogP contribution is 2.31. The van der Waals surface area contributed by atoms with Crippen molar-refractivity contribution in [3.8, 4) is 5.75 Å². The van der Waals surface area contributed by atoms with Crippen molar-refractivity contribution in [3.63, 3.8) is 0 Å². The van der Waals surface area contributed by atoms with Crippen LogP contribution in [-0.2, 0) is 11.3 Å². The molecule has 2 N–H and O–H groups in total. The van der Waals surface area contributed by atoms with E-state index in [0.717, 1.165) is 24.2 Å². The van der Waals surface area contributed by atoms with E-state index in [9.17, 15) is 4.79 Å². The van der Waals surface area contributed by atoms with Crippen molar-refractivity contribution >= 4 is 5.91 Å². The maximum atomic E-state index is 12.4. The predicted molar refractivity (Wildman–Crippen MR) is 79.4 cm³/mol. The monoisotopic (exact) mass is 276 g/mol. The van der Waals surface area contributed by atoms with Gasteiger partial charge in [0, 0.05) is 24.6 Å². The molecule has 1 aliphatic carbocycles. The molecule has 0 radical (unpaired) electrons. The zero-order chi connectivity index (χ0) is 14.5. The Morgan fingerprint density at radius 2 is 2.15 bits per heavy atom. The molecule has 1 aliphatic rings. The number of nitrogens with two attached hydrogens (primary N) is 1. The van der Waals surface area contributed by atoms with Crippen molar-refractivity contribution in [1.29, 1.82) is 0 Å². The van der Waals surface area contributed by atoms with Crippen LogP contribution in [0.2, 0.25) is 0 Å². The van der Waals surface area contributed by atoms with Gasteiger partial charge >= 0.3 is 0 Å². The van der Waals surface area contributed by atoms with Gasteiger partial charge in [0.05, 0.1) is 7.11 Å². The normalized spacial score (nSPS) is 15.8. The van der Waals surface area contributed by atoms with E-state index in [4.69, 9.17) is 10.5 Å². The van der Waals surface area contributed by atoms with Crippen LogP contribution in [0.25, 0.3) is 0 Å². The summed E-state index contributed by atoms with van der Waals surface area (Å²) in [5.74, 6) is 1.29. The quantitative estimate of drug-likeness (QED) is 0.830. The molecule has 0 aliphatic heterocycles. The minimum atomic E-state index is 0.205. The van der Waals surface area contributed by atoms with Crippen molar-refractivity contribution in [1.82, 2.24) is 4.90 Å². The third-order valence-electron chi connectivity index (χ3n) is 3.77.